The zero-order chi connectivity index (χ0) is 29.3. The van der Waals surface area contributed by atoms with Gasteiger partial charge in [0.2, 0.25) is 5.91 Å². The van der Waals surface area contributed by atoms with Gasteiger partial charge in [0, 0.05) is 19.2 Å². The van der Waals surface area contributed by atoms with Crippen LogP contribution in [0.25, 0.3) is 0 Å². The van der Waals surface area contributed by atoms with Crippen LogP contribution in [0, 0.1) is 0 Å². The van der Waals surface area contributed by atoms with Crippen molar-refractivity contribution in [2.45, 2.75) is 62.1 Å². The molecule has 0 aromatic carbocycles. The van der Waals surface area contributed by atoms with Crippen LogP contribution in [0.2, 0.25) is 0 Å². The molecule has 222 valence electrons. The molecule has 22 heteroatoms. The summed E-state index contributed by atoms with van der Waals surface area (Å²) in [7, 11) is -11.8. The summed E-state index contributed by atoms with van der Waals surface area (Å²) in [5, 5.41) is 51.7. The van der Waals surface area contributed by atoms with E-state index in [1.807, 2.05) is 4.98 Å². The molecule has 20 nitrogen and oxygen atoms in total. The van der Waals surface area contributed by atoms with E-state index < -0.39 is 101 Å². The molecule has 2 aliphatic rings. The lowest BCUT2D eigenvalue weighted by Gasteiger charge is -2.44. The minimum absolute atomic E-state index is 0.697. The van der Waals surface area contributed by atoms with Crippen LogP contribution in [0.1, 0.15) is 13.2 Å². The van der Waals surface area contributed by atoms with Crippen molar-refractivity contribution in [2.75, 3.05) is 13.2 Å². The lowest BCUT2D eigenvalue weighted by atomic mass is 9.97. The molecule has 3 rings (SSSR count). The number of hydrogen-bond donors (Lipinski definition) is 7. The molecule has 2 aliphatic heterocycles. The van der Waals surface area contributed by atoms with Crippen LogP contribution >= 0.6 is 15.6 Å². The smallest absolute Gasteiger partial charge is 0.330 e. The fourth-order valence-corrected chi connectivity index (χ4v) is 5.83. The van der Waals surface area contributed by atoms with Gasteiger partial charge in [0.15, 0.2) is 12.5 Å². The molecule has 39 heavy (non-hydrogen) atoms. The Kier molecular flexibility index (Phi) is 10.0. The fraction of sp³-hybridized carbons (Fsp3) is 0.706. The van der Waals surface area contributed by atoms with Crippen molar-refractivity contribution in [3.63, 3.8) is 0 Å². The summed E-state index contributed by atoms with van der Waals surface area (Å²) in [5.74, 6) is -0.829. The van der Waals surface area contributed by atoms with E-state index >= 15 is 0 Å². The molecule has 2 saturated heterocycles. The Morgan fingerprint density at radius 1 is 1.08 bits per heavy atom. The second-order valence-electron chi connectivity index (χ2n) is 8.37. The third-order valence-electron chi connectivity index (χ3n) is 5.54. The van der Waals surface area contributed by atoms with Crippen molar-refractivity contribution in [3.05, 3.63) is 33.1 Å². The number of phosphoric acid groups is 2. The van der Waals surface area contributed by atoms with E-state index in [1.54, 1.807) is 0 Å². The Hall–Kier alpha value is -1.87. The van der Waals surface area contributed by atoms with Crippen LogP contribution < -0.4 is 26.4 Å². The van der Waals surface area contributed by atoms with E-state index in [4.69, 9.17) is 9.47 Å². The number of carbonyl (C=O) groups is 1. The van der Waals surface area contributed by atoms with Gasteiger partial charge in [0.1, 0.15) is 42.7 Å². The van der Waals surface area contributed by atoms with Gasteiger partial charge in [-0.15, -0.1) is 0 Å². The second kappa shape index (κ2) is 12.3. The largest absolute Gasteiger partial charge is 0.756 e. The molecule has 0 radical (unpaired) electrons. The van der Waals surface area contributed by atoms with Crippen molar-refractivity contribution in [1.29, 1.82) is 0 Å². The maximum absolute atomic E-state index is 12.3. The van der Waals surface area contributed by atoms with Gasteiger partial charge in [0.05, 0.1) is 13.2 Å². The molecule has 3 unspecified atom stereocenters. The highest BCUT2D eigenvalue weighted by atomic mass is 31.3. The number of carbonyl (C=O) groups excluding carboxylic acids is 1. The highest BCUT2D eigenvalue weighted by molar-refractivity contribution is 7.59. The molecular weight excluding hydrogens is 580 g/mol. The number of aromatic nitrogens is 2. The van der Waals surface area contributed by atoms with Crippen molar-refractivity contribution in [1.82, 2.24) is 14.9 Å². The lowest BCUT2D eigenvalue weighted by molar-refractivity contribution is -0.285. The maximum Gasteiger partial charge on any atom is 0.330 e. The molecule has 0 aliphatic carbocycles. The summed E-state index contributed by atoms with van der Waals surface area (Å²) in [4.78, 5) is 60.9. The maximum atomic E-state index is 12.3. The molecule has 0 saturated carbocycles. The van der Waals surface area contributed by atoms with Crippen LogP contribution in [0.4, 0.5) is 0 Å². The molecule has 1 amide bonds. The van der Waals surface area contributed by atoms with E-state index in [9.17, 15) is 58.8 Å². The standard InChI is InChI=1S/C17H27N3O17P2/c1-6(22)18-10-13(26)11(24)7(4-21)35-16(10)36-39(31,32)37-38(29,30)33-5-8-12(25)14(27)15(34-8)20-3-2-9(23)19-17(20)28/h2-3,7-8,10-16,21,24-27H,4-5H2,1H3,(H,18,22)(H,29,30)(H,31,32)(H,19,23,28)/p-2/t7-,8-,10-,11-,12-,13-,14-,15-,16?/m1/s1. The van der Waals surface area contributed by atoms with E-state index in [1.165, 1.54) is 0 Å². The third-order valence-corrected chi connectivity index (χ3v) is 8.07. The van der Waals surface area contributed by atoms with Crippen molar-refractivity contribution < 1.29 is 72.1 Å². The van der Waals surface area contributed by atoms with Gasteiger partial charge >= 0.3 is 5.69 Å². The first kappa shape index (κ1) is 31.7. The van der Waals surface area contributed by atoms with E-state index in [2.05, 4.69) is 18.7 Å². The van der Waals surface area contributed by atoms with Gasteiger partial charge in [-0.2, -0.15) is 0 Å². The molecule has 11 atom stereocenters. The van der Waals surface area contributed by atoms with E-state index in [0.717, 1.165) is 19.2 Å². The zero-order valence-corrected chi connectivity index (χ0v) is 21.5. The van der Waals surface area contributed by atoms with Crippen molar-refractivity contribution in [2.24, 2.45) is 0 Å². The molecule has 0 bridgehead atoms. The van der Waals surface area contributed by atoms with Gasteiger partial charge in [-0.1, -0.05) is 0 Å². The first-order valence-corrected chi connectivity index (χ1v) is 13.9. The summed E-state index contributed by atoms with van der Waals surface area (Å²) >= 11 is 0. The predicted octanol–water partition coefficient (Wildman–Crippen LogP) is -5.91. The van der Waals surface area contributed by atoms with Crippen LogP contribution in [0.3, 0.4) is 0 Å². The number of nitrogens with one attached hydrogen (secondary N) is 2. The first-order valence-electron chi connectivity index (χ1n) is 10.9. The molecule has 3 heterocycles. The summed E-state index contributed by atoms with van der Waals surface area (Å²) in [6, 6.07) is -0.844. The van der Waals surface area contributed by atoms with E-state index in [0.29, 0.717) is 4.57 Å². The second-order valence-corrected chi connectivity index (χ2v) is 11.3. The van der Waals surface area contributed by atoms with Gasteiger partial charge < -0.3 is 54.6 Å². The van der Waals surface area contributed by atoms with Crippen LogP contribution in [-0.4, -0.2) is 103 Å². The Morgan fingerprint density at radius 3 is 2.31 bits per heavy atom. The summed E-state index contributed by atoms with van der Waals surface area (Å²) in [5.41, 5.74) is -1.79. The van der Waals surface area contributed by atoms with Crippen LogP contribution in [-0.2, 0) is 36.8 Å². The molecule has 2 fully saturated rings. The molecule has 0 spiro atoms. The summed E-state index contributed by atoms with van der Waals surface area (Å²) in [6.07, 6.45) is -13.4. The average Bonchev–Trinajstić information content (AvgIpc) is 3.10. The number of ether oxygens (including phenoxy) is 2. The third kappa shape index (κ3) is 7.66. The summed E-state index contributed by atoms with van der Waals surface area (Å²) < 4.78 is 48.2. The van der Waals surface area contributed by atoms with Crippen molar-refractivity contribution >= 4 is 21.6 Å². The number of nitrogens with zero attached hydrogens (tertiary/aromatic N) is 1. The number of phosphoric ester groups is 2. The molecule has 1 aromatic heterocycles. The Balaban J connectivity index is 1.66. The Labute approximate surface area is 217 Å². The monoisotopic (exact) mass is 605 g/mol. The average molecular weight is 605 g/mol. The number of aromatic amines is 1. The van der Waals surface area contributed by atoms with Crippen LogP contribution in [0.5, 0.6) is 0 Å². The normalized spacial score (nSPS) is 36.2. The molecule has 1 aromatic rings. The zero-order valence-electron chi connectivity index (χ0n) is 19.7. The van der Waals surface area contributed by atoms with Gasteiger partial charge in [-0.25, -0.2) is 9.11 Å². The molecule has 7 N–H and O–H groups in total. The SMILES string of the molecule is CC(=O)N[C@H]1C(OP(=O)([O-])OP(=O)([O-])OC[C@H]2O[C@@H](n3ccc(=O)[nH]c3=O)[C@H](O)[C@@H]2O)O[C@H](CO)[C@@H](O)[C@@H]1O. The topological polar surface area (TPSA) is 312 Å². The Morgan fingerprint density at radius 2 is 1.72 bits per heavy atom. The number of H-pyrrole nitrogens is 1. The fourth-order valence-electron chi connectivity index (χ4n) is 3.74. The lowest BCUT2D eigenvalue weighted by Crippen LogP contribution is -2.64. The van der Waals surface area contributed by atoms with Gasteiger partial charge in [-0.05, 0) is 0 Å². The number of aliphatic hydroxyl groups excluding tert-OH is 5. The van der Waals surface area contributed by atoms with Crippen molar-refractivity contribution in [3.8, 4) is 0 Å². The highest BCUT2D eigenvalue weighted by Gasteiger charge is 2.47. The number of rotatable bonds is 10. The summed E-state index contributed by atoms with van der Waals surface area (Å²) in [6.45, 7) is -1.09. The highest BCUT2D eigenvalue weighted by Crippen LogP contribution is 2.57. The molecular formula is C17H25N3O17P2-2. The number of aliphatic hydroxyl groups is 5. The minimum Gasteiger partial charge on any atom is -0.756 e. The first-order chi connectivity index (χ1) is 18.0. The van der Waals surface area contributed by atoms with E-state index in [-0.39, 0.29) is 0 Å². The van der Waals surface area contributed by atoms with Gasteiger partial charge in [0.25, 0.3) is 21.2 Å². The minimum atomic E-state index is -5.94. The van der Waals surface area contributed by atoms with Crippen LogP contribution in [0.15, 0.2) is 21.9 Å². The van der Waals surface area contributed by atoms with Gasteiger partial charge in [-0.3, -0.25) is 32.8 Å². The number of hydrogen-bond acceptors (Lipinski definition) is 17. The number of amides is 1. The predicted molar refractivity (Wildman–Crippen MR) is 116 cm³/mol. The Bertz CT molecular complexity index is 1240. The quantitative estimate of drug-likeness (QED) is 0.122.